The smallest absolute Gasteiger partial charge is 0.160 e. The minimum atomic E-state index is -0.456. The van der Waals surface area contributed by atoms with Crippen LogP contribution in [0.2, 0.25) is 0 Å². The number of rotatable bonds is 8. The van der Waals surface area contributed by atoms with E-state index in [4.69, 9.17) is 9.98 Å². The Hall–Kier alpha value is -2.42. The number of likely N-dealkylation sites (N-methyl/N-ethyl adjacent to an activating group) is 1. The van der Waals surface area contributed by atoms with Gasteiger partial charge in [0, 0.05) is 31.3 Å². The number of aryl methyl sites for hydroxylation is 1. The van der Waals surface area contributed by atoms with Crippen molar-refractivity contribution in [3.8, 4) is 10.6 Å². The van der Waals surface area contributed by atoms with E-state index in [1.807, 2.05) is 25.4 Å². The van der Waals surface area contributed by atoms with E-state index >= 15 is 0 Å². The Labute approximate surface area is 169 Å². The molecule has 0 amide bonds. The van der Waals surface area contributed by atoms with Gasteiger partial charge in [-0.1, -0.05) is 12.1 Å². The summed E-state index contributed by atoms with van der Waals surface area (Å²) < 4.78 is 2.07. The van der Waals surface area contributed by atoms with Gasteiger partial charge in [-0.3, -0.25) is 10.4 Å². The maximum atomic E-state index is 10.3. The molecule has 0 fully saturated rings. The first-order chi connectivity index (χ1) is 13.6. The Kier molecular flexibility index (Phi) is 5.61. The minimum absolute atomic E-state index is 0.0406. The number of thiophene rings is 1. The zero-order valence-electron chi connectivity index (χ0n) is 16.2. The molecular weight excluding hydrogens is 372 g/mol. The van der Waals surface area contributed by atoms with E-state index in [9.17, 15) is 5.11 Å². The zero-order valence-corrected chi connectivity index (χ0v) is 17.0. The average molecular weight is 399 g/mol. The maximum Gasteiger partial charge on any atom is 0.160 e. The fraction of sp³-hybridized carbons (Fsp3) is 0.400. The van der Waals surface area contributed by atoms with Crippen molar-refractivity contribution in [3.05, 3.63) is 53.5 Å². The third-order valence-corrected chi connectivity index (χ3v) is 5.76. The van der Waals surface area contributed by atoms with E-state index in [1.165, 1.54) is 0 Å². The standard InChI is InChI=1S/C20H26N6OS/c1-14-5-3-7-20-23-18(24-26(14)20)8-9-19-22-16(17-6-4-10-28-17)13-25(19)12-15(27)11-21-2/h3-7,10,13,15,20-21,27H,8-9,11-12H2,1-2H3,(H,23,24)/t15-,20?/m0/s1. The quantitative estimate of drug-likeness (QED) is 0.635. The molecule has 4 rings (SSSR count). The molecular formula is C20H26N6OS. The summed E-state index contributed by atoms with van der Waals surface area (Å²) in [6, 6.07) is 4.11. The van der Waals surface area contributed by atoms with Crippen LogP contribution in [0.25, 0.3) is 10.6 Å². The predicted molar refractivity (Wildman–Crippen MR) is 113 cm³/mol. The highest BCUT2D eigenvalue weighted by molar-refractivity contribution is 7.13. The van der Waals surface area contributed by atoms with Crippen LogP contribution in [0.3, 0.4) is 0 Å². The van der Waals surface area contributed by atoms with Gasteiger partial charge in [-0.05, 0) is 37.6 Å². The number of nitrogens with zero attached hydrogens (tertiary/aromatic N) is 4. The number of hydrazine groups is 1. The number of amidine groups is 1. The molecule has 0 saturated heterocycles. The second kappa shape index (κ2) is 8.30. The highest BCUT2D eigenvalue weighted by Crippen LogP contribution is 2.25. The lowest BCUT2D eigenvalue weighted by Crippen LogP contribution is -2.39. The lowest BCUT2D eigenvalue weighted by Gasteiger charge is -2.26. The van der Waals surface area contributed by atoms with Gasteiger partial charge >= 0.3 is 0 Å². The Morgan fingerprint density at radius 2 is 2.29 bits per heavy atom. The summed E-state index contributed by atoms with van der Waals surface area (Å²) >= 11 is 1.68. The van der Waals surface area contributed by atoms with Gasteiger partial charge in [0.05, 0.1) is 23.2 Å². The molecule has 2 atom stereocenters. The van der Waals surface area contributed by atoms with E-state index in [0.717, 1.165) is 40.8 Å². The topological polar surface area (TPSA) is 77.7 Å². The van der Waals surface area contributed by atoms with E-state index in [2.05, 4.69) is 50.8 Å². The molecule has 4 heterocycles. The minimum Gasteiger partial charge on any atom is -0.390 e. The molecule has 3 N–H and O–H groups in total. The van der Waals surface area contributed by atoms with Crippen molar-refractivity contribution in [2.75, 3.05) is 13.6 Å². The third-order valence-electron chi connectivity index (χ3n) is 4.87. The van der Waals surface area contributed by atoms with Gasteiger partial charge in [-0.25, -0.2) is 9.98 Å². The number of allylic oxidation sites excluding steroid dienone is 3. The Morgan fingerprint density at radius 3 is 3.04 bits per heavy atom. The van der Waals surface area contributed by atoms with Crippen LogP contribution in [0.4, 0.5) is 0 Å². The molecule has 0 saturated carbocycles. The van der Waals surface area contributed by atoms with Gasteiger partial charge in [0.15, 0.2) is 6.17 Å². The summed E-state index contributed by atoms with van der Waals surface area (Å²) in [5.74, 6) is 1.93. The summed E-state index contributed by atoms with van der Waals surface area (Å²) in [6.45, 7) is 3.15. The predicted octanol–water partition coefficient (Wildman–Crippen LogP) is 2.14. The van der Waals surface area contributed by atoms with Gasteiger partial charge in [0.1, 0.15) is 11.7 Å². The van der Waals surface area contributed by atoms with E-state index in [1.54, 1.807) is 11.3 Å². The molecule has 2 aliphatic heterocycles. The summed E-state index contributed by atoms with van der Waals surface area (Å²) in [4.78, 5) is 10.8. The molecule has 2 aromatic heterocycles. The van der Waals surface area contributed by atoms with Crippen LogP contribution in [0.15, 0.2) is 52.6 Å². The molecule has 28 heavy (non-hydrogen) atoms. The first-order valence-electron chi connectivity index (χ1n) is 9.54. The van der Waals surface area contributed by atoms with Crippen molar-refractivity contribution in [1.82, 2.24) is 25.3 Å². The first kappa shape index (κ1) is 18.9. The largest absolute Gasteiger partial charge is 0.390 e. The van der Waals surface area contributed by atoms with Crippen LogP contribution >= 0.6 is 11.3 Å². The molecule has 0 bridgehead atoms. The third kappa shape index (κ3) is 4.04. The van der Waals surface area contributed by atoms with Crippen molar-refractivity contribution in [3.63, 3.8) is 0 Å². The van der Waals surface area contributed by atoms with Crippen molar-refractivity contribution in [2.45, 2.75) is 38.6 Å². The number of aliphatic imine (C=N–C) groups is 1. The summed E-state index contributed by atoms with van der Waals surface area (Å²) in [5.41, 5.74) is 5.51. The summed E-state index contributed by atoms with van der Waals surface area (Å²) in [6.07, 6.45) is 9.37. The van der Waals surface area contributed by atoms with E-state index in [-0.39, 0.29) is 6.17 Å². The van der Waals surface area contributed by atoms with Crippen LogP contribution in [0.1, 0.15) is 19.2 Å². The van der Waals surface area contributed by atoms with Crippen LogP contribution in [0, 0.1) is 0 Å². The monoisotopic (exact) mass is 398 g/mol. The van der Waals surface area contributed by atoms with Crippen LogP contribution in [0.5, 0.6) is 0 Å². The maximum absolute atomic E-state index is 10.3. The summed E-state index contributed by atoms with van der Waals surface area (Å²) in [7, 11) is 1.85. The highest BCUT2D eigenvalue weighted by atomic mass is 32.1. The lowest BCUT2D eigenvalue weighted by molar-refractivity contribution is 0.153. The van der Waals surface area contributed by atoms with Gasteiger partial charge < -0.3 is 15.0 Å². The molecule has 0 aromatic carbocycles. The molecule has 8 heteroatoms. The molecule has 1 unspecified atom stereocenters. The lowest BCUT2D eigenvalue weighted by atomic mass is 10.2. The number of hydrogen-bond acceptors (Lipinski definition) is 7. The molecule has 2 aromatic rings. The molecule has 0 spiro atoms. The average Bonchev–Trinajstić information content (AvgIpc) is 3.40. The molecule has 0 radical (unpaired) electrons. The SMILES string of the molecule is CNC[C@H](O)Cn1cc(-c2cccs2)nc1CCC1=NC2C=CC=C(C)N2N1. The molecule has 148 valence electrons. The second-order valence-electron chi connectivity index (χ2n) is 7.05. The second-order valence-corrected chi connectivity index (χ2v) is 8.00. The number of fused-ring (bicyclic) bond motifs is 1. The number of imidazole rings is 1. The van der Waals surface area contributed by atoms with Crippen molar-refractivity contribution >= 4 is 17.2 Å². The van der Waals surface area contributed by atoms with Crippen LogP contribution in [-0.4, -0.2) is 51.4 Å². The van der Waals surface area contributed by atoms with Gasteiger partial charge in [-0.2, -0.15) is 0 Å². The summed E-state index contributed by atoms with van der Waals surface area (Å²) in [5, 5.41) is 17.4. The Balaban J connectivity index is 1.48. The zero-order chi connectivity index (χ0) is 19.5. The van der Waals surface area contributed by atoms with E-state index < -0.39 is 6.10 Å². The Bertz CT molecular complexity index is 898. The van der Waals surface area contributed by atoms with Gasteiger partial charge in [0.25, 0.3) is 0 Å². The van der Waals surface area contributed by atoms with Crippen molar-refractivity contribution in [1.29, 1.82) is 0 Å². The van der Waals surface area contributed by atoms with Gasteiger partial charge in [0.2, 0.25) is 0 Å². The van der Waals surface area contributed by atoms with Crippen molar-refractivity contribution in [2.24, 2.45) is 4.99 Å². The fourth-order valence-corrected chi connectivity index (χ4v) is 4.16. The highest BCUT2D eigenvalue weighted by Gasteiger charge is 2.25. The Morgan fingerprint density at radius 1 is 1.39 bits per heavy atom. The van der Waals surface area contributed by atoms with Crippen LogP contribution in [-0.2, 0) is 13.0 Å². The number of aliphatic hydroxyl groups excluding tert-OH is 1. The number of nitrogens with one attached hydrogen (secondary N) is 2. The first-order valence-corrected chi connectivity index (χ1v) is 10.4. The van der Waals surface area contributed by atoms with Gasteiger partial charge in [-0.15, -0.1) is 11.3 Å². The number of aliphatic hydroxyl groups is 1. The molecule has 7 nitrogen and oxygen atoms in total. The molecule has 0 aliphatic carbocycles. The fourth-order valence-electron chi connectivity index (χ4n) is 3.48. The van der Waals surface area contributed by atoms with E-state index in [0.29, 0.717) is 13.1 Å². The van der Waals surface area contributed by atoms with Crippen molar-refractivity contribution < 1.29 is 5.11 Å². The molecule has 2 aliphatic rings. The number of hydrogen-bond donors (Lipinski definition) is 3. The number of aromatic nitrogens is 2. The normalized spacial score (nSPS) is 19.2. The van der Waals surface area contributed by atoms with Crippen LogP contribution < -0.4 is 10.7 Å².